The van der Waals surface area contributed by atoms with E-state index in [9.17, 15) is 0 Å². The summed E-state index contributed by atoms with van der Waals surface area (Å²) in [7, 11) is 0. The standard InChI is InChI=1S/C3H8O2.Al.3ClO/c1-3(5)2-4;;3*1-2/h3-5H,2H2,1H3;;;;/q;+3;3*-1. The number of rotatable bonds is 1. The summed E-state index contributed by atoms with van der Waals surface area (Å²) in [5.74, 6) is 0. The summed E-state index contributed by atoms with van der Waals surface area (Å²) in [6.07, 6.45) is -0.560. The molecule has 0 aromatic heterocycles. The Bertz CT molecular complexity index is 35.9. The molecule has 0 heterocycles. The first-order valence-electron chi connectivity index (χ1n) is 2.02. The summed E-state index contributed by atoms with van der Waals surface area (Å²) in [4.78, 5) is 0. The molecule has 0 saturated carbocycles. The molecule has 0 spiro atoms. The molecule has 1 atom stereocenters. The van der Waals surface area contributed by atoms with Gasteiger partial charge in [0, 0.05) is 0 Å². The number of hydrogen-bond acceptors (Lipinski definition) is 5. The van der Waals surface area contributed by atoms with E-state index in [1.165, 1.54) is 6.92 Å². The Kier molecular flexibility index (Phi) is 138. The minimum absolute atomic E-state index is 0. The Morgan fingerprint density at radius 2 is 1.17 bits per heavy atom. The van der Waals surface area contributed by atoms with Gasteiger partial charge in [0.25, 0.3) is 0 Å². The van der Waals surface area contributed by atoms with Crippen LogP contribution in [0.15, 0.2) is 0 Å². The zero-order chi connectivity index (χ0) is 10.3. The van der Waals surface area contributed by atoms with Crippen LogP contribution in [-0.2, 0) is 0 Å². The zero-order valence-corrected chi connectivity index (χ0v) is 9.54. The van der Waals surface area contributed by atoms with Gasteiger partial charge < -0.3 is 24.2 Å². The third-order valence-corrected chi connectivity index (χ3v) is 0.264. The molecule has 2 N–H and O–H groups in total. The number of aliphatic hydroxyl groups is 2. The van der Waals surface area contributed by atoms with Gasteiger partial charge in [-0.25, -0.2) is 35.6 Å². The molecule has 74 valence electrons. The predicted octanol–water partition coefficient (Wildman–Crippen LogP) is -2.52. The zero-order valence-electron chi connectivity index (χ0n) is 6.11. The Morgan fingerprint density at radius 3 is 1.17 bits per heavy atom. The molecule has 5 nitrogen and oxygen atoms in total. The molecule has 0 bridgehead atoms. The van der Waals surface area contributed by atoms with Crippen molar-refractivity contribution in [2.75, 3.05) is 6.61 Å². The van der Waals surface area contributed by atoms with Crippen LogP contribution < -0.4 is 14.0 Å². The van der Waals surface area contributed by atoms with Crippen LogP contribution in [0.2, 0.25) is 0 Å². The summed E-state index contributed by atoms with van der Waals surface area (Å²) < 4.78 is 23.2. The third kappa shape index (κ3) is 114. The molecule has 0 radical (unpaired) electrons. The van der Waals surface area contributed by atoms with Crippen LogP contribution >= 0.6 is 35.6 Å². The SMILES string of the molecule is CC(O)CO.[Al+3].[O-]Cl.[O-]Cl.[O-]Cl. The van der Waals surface area contributed by atoms with Crippen molar-refractivity contribution in [3.8, 4) is 0 Å². The number of hydrogen-bond donors (Lipinski definition) is 2. The molecule has 0 fully saturated rings. The molecule has 1 unspecified atom stereocenters. The normalized spacial score (nSPS) is 7.75. The fraction of sp³-hybridized carbons (Fsp3) is 1.00. The molecule has 9 heteroatoms. The second-order valence-electron chi connectivity index (χ2n) is 1.03. The quantitative estimate of drug-likeness (QED) is 0.504. The van der Waals surface area contributed by atoms with E-state index in [0.717, 1.165) is 0 Å². The van der Waals surface area contributed by atoms with Crippen molar-refractivity contribution in [3.63, 3.8) is 0 Å². The van der Waals surface area contributed by atoms with Gasteiger partial charge in [-0.15, -0.1) is 0 Å². The molecule has 0 aliphatic heterocycles. The molecule has 0 rings (SSSR count). The first-order chi connectivity index (χ1) is 5.27. The van der Waals surface area contributed by atoms with E-state index < -0.39 is 6.10 Å². The summed E-state index contributed by atoms with van der Waals surface area (Å²) in [6.45, 7) is 1.39. The third-order valence-electron chi connectivity index (χ3n) is 0.264. The Balaban J connectivity index is -0.0000000203. The fourth-order valence-electron chi connectivity index (χ4n) is 0. The van der Waals surface area contributed by atoms with Gasteiger partial charge in [0.05, 0.1) is 12.7 Å². The van der Waals surface area contributed by atoms with Crippen molar-refractivity contribution in [3.05, 3.63) is 0 Å². The largest absolute Gasteiger partial charge is 3.00 e. The van der Waals surface area contributed by atoms with Gasteiger partial charge in [0.2, 0.25) is 0 Å². The van der Waals surface area contributed by atoms with Crippen LogP contribution in [0, 0.1) is 0 Å². The van der Waals surface area contributed by atoms with E-state index in [2.05, 4.69) is 35.6 Å². The summed E-state index contributed by atoms with van der Waals surface area (Å²) in [5, 5.41) is 16.0. The van der Waals surface area contributed by atoms with Crippen molar-refractivity contribution in [2.24, 2.45) is 0 Å². The summed E-state index contributed by atoms with van der Waals surface area (Å²) >= 11 is 10.2. The van der Waals surface area contributed by atoms with E-state index in [1.54, 1.807) is 0 Å². The smallest absolute Gasteiger partial charge is 0.769 e. The van der Waals surface area contributed by atoms with Gasteiger partial charge in [-0.3, -0.25) is 0 Å². The van der Waals surface area contributed by atoms with Crippen molar-refractivity contribution >= 4 is 53.0 Å². The maximum Gasteiger partial charge on any atom is 3.00 e. The van der Waals surface area contributed by atoms with Crippen LogP contribution in [0.4, 0.5) is 0 Å². The first kappa shape index (κ1) is 29.2. The van der Waals surface area contributed by atoms with Crippen molar-refractivity contribution in [2.45, 2.75) is 13.0 Å². The molecule has 0 aliphatic rings. The van der Waals surface area contributed by atoms with Crippen LogP contribution in [0.5, 0.6) is 0 Å². The predicted molar refractivity (Wildman–Crippen MR) is 42.1 cm³/mol. The van der Waals surface area contributed by atoms with Gasteiger partial charge in [-0.05, 0) is 6.92 Å². The Hall–Kier alpha value is 1.20. The van der Waals surface area contributed by atoms with Gasteiger partial charge >= 0.3 is 17.4 Å². The Morgan fingerprint density at radius 1 is 1.08 bits per heavy atom. The average Bonchev–Trinajstić information content (AvgIpc) is 2.15. The van der Waals surface area contributed by atoms with Crippen molar-refractivity contribution in [1.82, 2.24) is 0 Å². The number of halogens is 3. The fourth-order valence-corrected chi connectivity index (χ4v) is 0. The maximum atomic E-state index is 8.11. The van der Waals surface area contributed by atoms with Gasteiger partial charge in [-0.2, -0.15) is 0 Å². The summed E-state index contributed by atoms with van der Waals surface area (Å²) in [6, 6.07) is 0. The van der Waals surface area contributed by atoms with Crippen molar-refractivity contribution < 1.29 is 24.2 Å². The second-order valence-corrected chi connectivity index (χ2v) is 1.03. The molecule has 0 amide bonds. The van der Waals surface area contributed by atoms with Crippen LogP contribution in [0.1, 0.15) is 6.92 Å². The van der Waals surface area contributed by atoms with E-state index in [4.69, 9.17) is 24.2 Å². The second kappa shape index (κ2) is 56.6. The van der Waals surface area contributed by atoms with Crippen LogP contribution in [0.25, 0.3) is 0 Å². The molecule has 0 aromatic rings. The minimum Gasteiger partial charge on any atom is -0.769 e. The molecular weight excluding hydrogens is 249 g/mol. The molecule has 12 heavy (non-hydrogen) atoms. The first-order valence-corrected chi connectivity index (χ1v) is 2.95. The van der Waals surface area contributed by atoms with Crippen molar-refractivity contribution in [1.29, 1.82) is 0 Å². The van der Waals surface area contributed by atoms with E-state index >= 15 is 0 Å². The molecular formula is C3H8AlCl3O5. The Labute approximate surface area is 96.8 Å². The van der Waals surface area contributed by atoms with Gasteiger partial charge in [-0.1, -0.05) is 0 Å². The average molecular weight is 257 g/mol. The maximum absolute atomic E-state index is 8.11. The minimum atomic E-state index is -0.560. The van der Waals surface area contributed by atoms with Gasteiger partial charge in [0.1, 0.15) is 0 Å². The van der Waals surface area contributed by atoms with Crippen LogP contribution in [-0.4, -0.2) is 40.3 Å². The van der Waals surface area contributed by atoms with Gasteiger partial charge in [0.15, 0.2) is 0 Å². The molecule has 0 saturated heterocycles. The monoisotopic (exact) mass is 256 g/mol. The van der Waals surface area contributed by atoms with E-state index in [0.29, 0.717) is 0 Å². The molecule has 0 aromatic carbocycles. The topological polar surface area (TPSA) is 110 Å². The number of aliphatic hydroxyl groups excluding tert-OH is 2. The van der Waals surface area contributed by atoms with E-state index in [1.807, 2.05) is 0 Å². The van der Waals surface area contributed by atoms with E-state index in [-0.39, 0.29) is 24.0 Å². The molecule has 0 aliphatic carbocycles. The van der Waals surface area contributed by atoms with Crippen LogP contribution in [0.3, 0.4) is 0 Å². The summed E-state index contributed by atoms with van der Waals surface area (Å²) in [5.41, 5.74) is 0.